The SMILES string of the molecule is CCCNCCNC(=O)CCOc1ccccc1-c1ccccc1.Cl. The van der Waals surface area contributed by atoms with Crippen molar-refractivity contribution in [2.75, 3.05) is 26.2 Å². The van der Waals surface area contributed by atoms with E-state index in [4.69, 9.17) is 4.74 Å². The van der Waals surface area contributed by atoms with Crippen LogP contribution in [0.25, 0.3) is 11.1 Å². The summed E-state index contributed by atoms with van der Waals surface area (Å²) in [6, 6.07) is 18.0. The number of carbonyl (C=O) groups is 1. The summed E-state index contributed by atoms with van der Waals surface area (Å²) in [5, 5.41) is 6.14. The molecule has 0 aromatic heterocycles. The summed E-state index contributed by atoms with van der Waals surface area (Å²) >= 11 is 0. The fourth-order valence-electron chi connectivity index (χ4n) is 2.38. The Kier molecular flexibility index (Phi) is 10.4. The standard InChI is InChI=1S/C20H26N2O2.ClH/c1-2-13-21-14-15-22-20(23)12-16-24-19-11-7-6-10-18(19)17-8-4-3-5-9-17;/h3-11,21H,2,12-16H2,1H3,(H,22,23);1H. The van der Waals surface area contributed by atoms with E-state index in [0.717, 1.165) is 36.4 Å². The minimum atomic E-state index is 0. The lowest BCUT2D eigenvalue weighted by Gasteiger charge is -2.12. The van der Waals surface area contributed by atoms with E-state index < -0.39 is 0 Å². The second-order valence-corrected chi connectivity index (χ2v) is 5.56. The Morgan fingerprint density at radius 1 is 0.960 bits per heavy atom. The molecule has 0 saturated carbocycles. The van der Waals surface area contributed by atoms with Crippen molar-refractivity contribution in [2.45, 2.75) is 19.8 Å². The smallest absolute Gasteiger partial charge is 0.223 e. The minimum absolute atomic E-state index is 0. The first-order valence-corrected chi connectivity index (χ1v) is 8.56. The van der Waals surface area contributed by atoms with Crippen molar-refractivity contribution in [3.8, 4) is 16.9 Å². The van der Waals surface area contributed by atoms with Crippen molar-refractivity contribution in [3.05, 3.63) is 54.6 Å². The number of halogens is 1. The molecule has 0 heterocycles. The molecule has 1 amide bonds. The topological polar surface area (TPSA) is 50.4 Å². The van der Waals surface area contributed by atoms with Gasteiger partial charge in [0.15, 0.2) is 0 Å². The van der Waals surface area contributed by atoms with Gasteiger partial charge in [-0.15, -0.1) is 12.4 Å². The Labute approximate surface area is 156 Å². The molecule has 0 saturated heterocycles. The quantitative estimate of drug-likeness (QED) is 0.634. The number of carbonyl (C=O) groups excluding carboxylic acids is 1. The van der Waals surface area contributed by atoms with Crippen LogP contribution in [0.3, 0.4) is 0 Å². The maximum atomic E-state index is 11.8. The van der Waals surface area contributed by atoms with Gasteiger partial charge in [-0.3, -0.25) is 4.79 Å². The third-order valence-corrected chi connectivity index (χ3v) is 3.61. The maximum absolute atomic E-state index is 11.8. The molecule has 0 aliphatic heterocycles. The van der Waals surface area contributed by atoms with E-state index in [-0.39, 0.29) is 18.3 Å². The minimum Gasteiger partial charge on any atom is -0.492 e. The summed E-state index contributed by atoms with van der Waals surface area (Å²) in [7, 11) is 0. The van der Waals surface area contributed by atoms with Crippen molar-refractivity contribution in [3.63, 3.8) is 0 Å². The van der Waals surface area contributed by atoms with Crippen LogP contribution >= 0.6 is 12.4 Å². The van der Waals surface area contributed by atoms with Gasteiger partial charge in [-0.1, -0.05) is 55.5 Å². The summed E-state index contributed by atoms with van der Waals surface area (Å²) < 4.78 is 5.83. The highest BCUT2D eigenvalue weighted by atomic mass is 35.5. The molecular weight excluding hydrogens is 336 g/mol. The summed E-state index contributed by atoms with van der Waals surface area (Å²) in [4.78, 5) is 11.8. The van der Waals surface area contributed by atoms with Gasteiger partial charge in [0.2, 0.25) is 5.91 Å². The summed E-state index contributed by atoms with van der Waals surface area (Å²) in [6.07, 6.45) is 1.46. The fourth-order valence-corrected chi connectivity index (χ4v) is 2.38. The van der Waals surface area contributed by atoms with E-state index in [0.29, 0.717) is 19.6 Å². The molecule has 2 N–H and O–H groups in total. The number of hydrogen-bond donors (Lipinski definition) is 2. The number of para-hydroxylation sites is 1. The highest BCUT2D eigenvalue weighted by Crippen LogP contribution is 2.29. The monoisotopic (exact) mass is 362 g/mol. The third kappa shape index (κ3) is 7.59. The van der Waals surface area contributed by atoms with Gasteiger partial charge >= 0.3 is 0 Å². The molecule has 0 aliphatic carbocycles. The van der Waals surface area contributed by atoms with Gasteiger partial charge in [-0.05, 0) is 24.6 Å². The zero-order valence-electron chi connectivity index (χ0n) is 14.7. The Bertz CT molecular complexity index is 620. The molecule has 4 nitrogen and oxygen atoms in total. The molecule has 0 aliphatic rings. The highest BCUT2D eigenvalue weighted by Gasteiger charge is 2.06. The predicted molar refractivity (Wildman–Crippen MR) is 105 cm³/mol. The van der Waals surface area contributed by atoms with Crippen molar-refractivity contribution in [2.24, 2.45) is 0 Å². The van der Waals surface area contributed by atoms with E-state index in [1.165, 1.54) is 0 Å². The van der Waals surface area contributed by atoms with Crippen LogP contribution in [0, 0.1) is 0 Å². The number of benzene rings is 2. The molecule has 136 valence electrons. The first-order valence-electron chi connectivity index (χ1n) is 8.56. The molecular formula is C20H27ClN2O2. The zero-order valence-corrected chi connectivity index (χ0v) is 15.5. The molecule has 0 fully saturated rings. The number of amides is 1. The molecule has 0 atom stereocenters. The third-order valence-electron chi connectivity index (χ3n) is 3.61. The normalized spacial score (nSPS) is 9.96. The van der Waals surface area contributed by atoms with Crippen LogP contribution in [0.4, 0.5) is 0 Å². The largest absolute Gasteiger partial charge is 0.492 e. The molecule has 2 aromatic carbocycles. The molecule has 2 aromatic rings. The van der Waals surface area contributed by atoms with Crippen molar-refractivity contribution in [1.82, 2.24) is 10.6 Å². The summed E-state index contributed by atoms with van der Waals surface area (Å²) in [6.45, 7) is 4.93. The van der Waals surface area contributed by atoms with Gasteiger partial charge in [0, 0.05) is 18.7 Å². The Morgan fingerprint density at radius 2 is 1.68 bits per heavy atom. The fraction of sp³-hybridized carbons (Fsp3) is 0.350. The van der Waals surface area contributed by atoms with Gasteiger partial charge in [0.1, 0.15) is 5.75 Å². The van der Waals surface area contributed by atoms with E-state index >= 15 is 0 Å². The van der Waals surface area contributed by atoms with Gasteiger partial charge in [-0.25, -0.2) is 0 Å². The summed E-state index contributed by atoms with van der Waals surface area (Å²) in [5.41, 5.74) is 2.15. The van der Waals surface area contributed by atoms with E-state index in [2.05, 4.69) is 29.7 Å². The van der Waals surface area contributed by atoms with Crippen LogP contribution in [-0.2, 0) is 4.79 Å². The molecule has 0 radical (unpaired) electrons. The number of nitrogens with one attached hydrogen (secondary N) is 2. The second kappa shape index (κ2) is 12.3. The number of rotatable bonds is 10. The number of ether oxygens (including phenoxy) is 1. The van der Waals surface area contributed by atoms with Crippen LogP contribution in [0.15, 0.2) is 54.6 Å². The molecule has 25 heavy (non-hydrogen) atoms. The van der Waals surface area contributed by atoms with Gasteiger partial charge in [0.25, 0.3) is 0 Å². The van der Waals surface area contributed by atoms with Crippen LogP contribution < -0.4 is 15.4 Å². The van der Waals surface area contributed by atoms with Gasteiger partial charge in [0.05, 0.1) is 13.0 Å². The van der Waals surface area contributed by atoms with E-state index in [1.807, 2.05) is 42.5 Å². The highest BCUT2D eigenvalue weighted by molar-refractivity contribution is 5.85. The van der Waals surface area contributed by atoms with Crippen LogP contribution in [-0.4, -0.2) is 32.1 Å². The second-order valence-electron chi connectivity index (χ2n) is 5.56. The first-order chi connectivity index (χ1) is 11.8. The van der Waals surface area contributed by atoms with Crippen LogP contribution in [0.2, 0.25) is 0 Å². The molecule has 0 bridgehead atoms. The van der Waals surface area contributed by atoms with E-state index in [1.54, 1.807) is 0 Å². The first kappa shape index (κ1) is 21.0. The molecule has 0 spiro atoms. The summed E-state index contributed by atoms with van der Waals surface area (Å²) in [5.74, 6) is 0.826. The number of hydrogen-bond acceptors (Lipinski definition) is 3. The van der Waals surface area contributed by atoms with Gasteiger partial charge < -0.3 is 15.4 Å². The zero-order chi connectivity index (χ0) is 17.0. The lowest BCUT2D eigenvalue weighted by molar-refractivity contribution is -0.121. The Balaban J connectivity index is 0.00000312. The Morgan fingerprint density at radius 3 is 2.44 bits per heavy atom. The lowest BCUT2D eigenvalue weighted by Crippen LogP contribution is -2.32. The molecule has 2 rings (SSSR count). The van der Waals surface area contributed by atoms with Crippen LogP contribution in [0.5, 0.6) is 5.75 Å². The Hall–Kier alpha value is -2.04. The predicted octanol–water partition coefficient (Wildman–Crippen LogP) is 3.66. The molecule has 5 heteroatoms. The van der Waals surface area contributed by atoms with Crippen molar-refractivity contribution in [1.29, 1.82) is 0 Å². The average molecular weight is 363 g/mol. The molecule has 0 unspecified atom stereocenters. The lowest BCUT2D eigenvalue weighted by atomic mass is 10.1. The van der Waals surface area contributed by atoms with Crippen LogP contribution in [0.1, 0.15) is 19.8 Å². The van der Waals surface area contributed by atoms with Gasteiger partial charge in [-0.2, -0.15) is 0 Å². The van der Waals surface area contributed by atoms with Crippen molar-refractivity contribution >= 4 is 18.3 Å². The van der Waals surface area contributed by atoms with Crippen molar-refractivity contribution < 1.29 is 9.53 Å². The maximum Gasteiger partial charge on any atom is 0.223 e. The average Bonchev–Trinajstić information content (AvgIpc) is 2.63. The van der Waals surface area contributed by atoms with E-state index in [9.17, 15) is 4.79 Å².